The number of thioether (sulfide) groups is 1. The van der Waals surface area contributed by atoms with Gasteiger partial charge in [0.1, 0.15) is 5.58 Å². The van der Waals surface area contributed by atoms with Gasteiger partial charge in [-0.1, -0.05) is 24.3 Å². The summed E-state index contributed by atoms with van der Waals surface area (Å²) in [5.74, 6) is 1.11. The van der Waals surface area contributed by atoms with Crippen molar-refractivity contribution < 1.29 is 9.21 Å². The van der Waals surface area contributed by atoms with Crippen molar-refractivity contribution in [3.05, 3.63) is 53.1 Å². The third kappa shape index (κ3) is 3.66. The highest BCUT2D eigenvalue weighted by atomic mass is 32.2. The van der Waals surface area contributed by atoms with E-state index in [2.05, 4.69) is 16.8 Å². The van der Waals surface area contributed by atoms with Crippen molar-refractivity contribution in [2.45, 2.75) is 9.96 Å². The standard InChI is InChI=1S/C18H20N2O2S2/c1-19-9-10-20(2)18(21)17-14(12-24-16-8-5-11-23-16)13-6-3-4-7-15(13)22-17/h3-8,11,19H,9-10,12H2,1-2H3. The molecule has 4 nitrogen and oxygen atoms in total. The van der Waals surface area contributed by atoms with Crippen LogP contribution in [0.1, 0.15) is 16.1 Å². The zero-order valence-electron chi connectivity index (χ0n) is 13.7. The van der Waals surface area contributed by atoms with Crippen LogP contribution in [0.4, 0.5) is 0 Å². The summed E-state index contributed by atoms with van der Waals surface area (Å²) in [6.45, 7) is 1.39. The monoisotopic (exact) mass is 360 g/mol. The number of likely N-dealkylation sites (N-methyl/N-ethyl adjacent to an activating group) is 2. The van der Waals surface area contributed by atoms with Gasteiger partial charge in [0.25, 0.3) is 5.91 Å². The zero-order valence-corrected chi connectivity index (χ0v) is 15.4. The molecule has 0 saturated heterocycles. The van der Waals surface area contributed by atoms with Crippen LogP contribution in [-0.2, 0) is 5.75 Å². The van der Waals surface area contributed by atoms with Gasteiger partial charge in [-0.25, -0.2) is 0 Å². The lowest BCUT2D eigenvalue weighted by Gasteiger charge is -2.16. The number of hydrogen-bond acceptors (Lipinski definition) is 5. The van der Waals surface area contributed by atoms with E-state index < -0.39 is 0 Å². The normalized spacial score (nSPS) is 11.1. The third-order valence-corrected chi connectivity index (χ3v) is 5.95. The Labute approximate surface area is 149 Å². The maximum atomic E-state index is 12.8. The Bertz CT molecular complexity index is 812. The van der Waals surface area contributed by atoms with Gasteiger partial charge in [-0.2, -0.15) is 0 Å². The number of para-hydroxylation sites is 1. The fourth-order valence-corrected chi connectivity index (χ4v) is 4.27. The lowest BCUT2D eigenvalue weighted by atomic mass is 10.1. The number of carbonyl (C=O) groups is 1. The van der Waals surface area contributed by atoms with Crippen LogP contribution in [0.5, 0.6) is 0 Å². The number of hydrogen-bond donors (Lipinski definition) is 1. The van der Waals surface area contributed by atoms with Crippen molar-refractivity contribution in [1.29, 1.82) is 0 Å². The molecule has 0 aliphatic rings. The Morgan fingerprint density at radius 2 is 2.12 bits per heavy atom. The highest BCUT2D eigenvalue weighted by Crippen LogP contribution is 2.34. The minimum Gasteiger partial charge on any atom is -0.451 e. The average Bonchev–Trinajstić information content (AvgIpc) is 3.24. The number of thiophene rings is 1. The molecule has 0 aliphatic carbocycles. The Hall–Kier alpha value is -1.76. The Morgan fingerprint density at radius 1 is 1.29 bits per heavy atom. The van der Waals surface area contributed by atoms with Gasteiger partial charge in [-0.3, -0.25) is 4.79 Å². The van der Waals surface area contributed by atoms with Crippen molar-refractivity contribution in [2.75, 3.05) is 27.2 Å². The molecule has 6 heteroatoms. The molecule has 0 fully saturated rings. The molecule has 3 rings (SSSR count). The minimum atomic E-state index is -0.0665. The van der Waals surface area contributed by atoms with E-state index in [0.29, 0.717) is 12.3 Å². The van der Waals surface area contributed by atoms with E-state index in [1.54, 1.807) is 28.0 Å². The van der Waals surface area contributed by atoms with Gasteiger partial charge in [0.15, 0.2) is 5.76 Å². The molecular weight excluding hydrogens is 340 g/mol. The lowest BCUT2D eigenvalue weighted by Crippen LogP contribution is -2.33. The first-order valence-electron chi connectivity index (χ1n) is 7.77. The lowest BCUT2D eigenvalue weighted by molar-refractivity contribution is 0.0766. The molecule has 0 radical (unpaired) electrons. The first kappa shape index (κ1) is 17.1. The van der Waals surface area contributed by atoms with Crippen molar-refractivity contribution in [3.63, 3.8) is 0 Å². The Balaban J connectivity index is 1.90. The molecule has 0 atom stereocenters. The second kappa shape index (κ2) is 7.88. The van der Waals surface area contributed by atoms with E-state index in [1.807, 2.05) is 44.4 Å². The number of benzene rings is 1. The first-order chi connectivity index (χ1) is 11.7. The van der Waals surface area contributed by atoms with Crippen LogP contribution in [-0.4, -0.2) is 38.0 Å². The number of nitrogens with zero attached hydrogens (tertiary/aromatic N) is 1. The maximum absolute atomic E-state index is 12.8. The fourth-order valence-electron chi connectivity index (χ4n) is 2.46. The van der Waals surface area contributed by atoms with Gasteiger partial charge < -0.3 is 14.6 Å². The second-order valence-electron chi connectivity index (χ2n) is 5.46. The third-order valence-electron chi connectivity index (χ3n) is 3.79. The summed E-state index contributed by atoms with van der Waals surface area (Å²) in [5.41, 5.74) is 1.75. The summed E-state index contributed by atoms with van der Waals surface area (Å²) in [6.07, 6.45) is 0. The number of furan rings is 1. The van der Waals surface area contributed by atoms with Gasteiger partial charge in [-0.05, 0) is 24.6 Å². The van der Waals surface area contributed by atoms with Gasteiger partial charge in [0.05, 0.1) is 4.21 Å². The summed E-state index contributed by atoms with van der Waals surface area (Å²) in [5, 5.41) is 6.15. The topological polar surface area (TPSA) is 45.5 Å². The number of carbonyl (C=O) groups excluding carboxylic acids is 1. The van der Waals surface area contributed by atoms with Crippen LogP contribution < -0.4 is 5.32 Å². The fraction of sp³-hybridized carbons (Fsp3) is 0.278. The van der Waals surface area contributed by atoms with Gasteiger partial charge in [-0.15, -0.1) is 23.1 Å². The highest BCUT2D eigenvalue weighted by Gasteiger charge is 2.23. The van der Waals surface area contributed by atoms with Crippen LogP contribution in [0.3, 0.4) is 0 Å². The SMILES string of the molecule is CNCCN(C)C(=O)c1oc2ccccc2c1CSc1cccs1. The highest BCUT2D eigenvalue weighted by molar-refractivity contribution is 8.00. The van der Waals surface area contributed by atoms with Crippen molar-refractivity contribution in [2.24, 2.45) is 0 Å². The molecule has 2 aromatic heterocycles. The predicted octanol–water partition coefficient (Wildman–Crippen LogP) is 4.08. The van der Waals surface area contributed by atoms with Crippen LogP contribution in [0.2, 0.25) is 0 Å². The van der Waals surface area contributed by atoms with E-state index in [0.717, 1.165) is 28.8 Å². The van der Waals surface area contributed by atoms with Crippen LogP contribution in [0.15, 0.2) is 50.4 Å². The number of amides is 1. The van der Waals surface area contributed by atoms with E-state index in [9.17, 15) is 4.79 Å². The molecule has 2 heterocycles. The minimum absolute atomic E-state index is 0.0665. The molecular formula is C18H20N2O2S2. The van der Waals surface area contributed by atoms with Crippen LogP contribution >= 0.6 is 23.1 Å². The maximum Gasteiger partial charge on any atom is 0.289 e. The summed E-state index contributed by atoms with van der Waals surface area (Å²) in [7, 11) is 3.69. The molecule has 126 valence electrons. The van der Waals surface area contributed by atoms with Gasteiger partial charge >= 0.3 is 0 Å². The summed E-state index contributed by atoms with van der Waals surface area (Å²) in [6, 6.07) is 12.0. The molecule has 0 unspecified atom stereocenters. The van der Waals surface area contributed by atoms with E-state index >= 15 is 0 Å². The van der Waals surface area contributed by atoms with Crippen LogP contribution in [0, 0.1) is 0 Å². The van der Waals surface area contributed by atoms with E-state index in [1.165, 1.54) is 4.21 Å². The predicted molar refractivity (Wildman–Crippen MR) is 101 cm³/mol. The number of nitrogens with one attached hydrogen (secondary N) is 1. The largest absolute Gasteiger partial charge is 0.451 e. The van der Waals surface area contributed by atoms with Crippen molar-refractivity contribution in [1.82, 2.24) is 10.2 Å². The molecule has 0 aliphatic heterocycles. The van der Waals surface area contributed by atoms with E-state index in [-0.39, 0.29) is 5.91 Å². The number of fused-ring (bicyclic) bond motifs is 1. The quantitative estimate of drug-likeness (QED) is 0.645. The molecule has 1 amide bonds. The molecule has 1 aromatic carbocycles. The second-order valence-corrected chi connectivity index (χ2v) is 7.68. The summed E-state index contributed by atoms with van der Waals surface area (Å²) in [4.78, 5) is 14.5. The average molecular weight is 361 g/mol. The molecule has 3 aromatic rings. The molecule has 24 heavy (non-hydrogen) atoms. The Morgan fingerprint density at radius 3 is 2.88 bits per heavy atom. The van der Waals surface area contributed by atoms with E-state index in [4.69, 9.17) is 4.42 Å². The molecule has 0 bridgehead atoms. The van der Waals surface area contributed by atoms with Gasteiger partial charge in [0.2, 0.25) is 0 Å². The zero-order chi connectivity index (χ0) is 16.9. The van der Waals surface area contributed by atoms with Gasteiger partial charge in [0, 0.05) is 36.8 Å². The summed E-state index contributed by atoms with van der Waals surface area (Å²) >= 11 is 3.45. The first-order valence-corrected chi connectivity index (χ1v) is 9.64. The van der Waals surface area contributed by atoms with Crippen molar-refractivity contribution >= 4 is 40.0 Å². The molecule has 1 N–H and O–H groups in total. The summed E-state index contributed by atoms with van der Waals surface area (Å²) < 4.78 is 7.15. The molecule has 0 saturated carbocycles. The van der Waals surface area contributed by atoms with Crippen molar-refractivity contribution in [3.8, 4) is 0 Å². The Kier molecular flexibility index (Phi) is 5.60. The number of rotatable bonds is 7. The molecule has 0 spiro atoms. The smallest absolute Gasteiger partial charge is 0.289 e. The van der Waals surface area contributed by atoms with Crippen LogP contribution in [0.25, 0.3) is 11.0 Å².